The van der Waals surface area contributed by atoms with Gasteiger partial charge in [-0.05, 0) is 34.5 Å². The van der Waals surface area contributed by atoms with E-state index in [1.165, 1.54) is 0 Å². The maximum atomic E-state index is 11.8. The van der Waals surface area contributed by atoms with Crippen LogP contribution in [0.4, 0.5) is 14.6 Å². The summed E-state index contributed by atoms with van der Waals surface area (Å²) >= 11 is 3.26. The Morgan fingerprint density at radius 1 is 1.61 bits per heavy atom. The van der Waals surface area contributed by atoms with Crippen molar-refractivity contribution in [2.24, 2.45) is 0 Å². The second-order valence-electron chi connectivity index (χ2n) is 3.58. The van der Waals surface area contributed by atoms with Gasteiger partial charge in [-0.2, -0.15) is 0 Å². The average molecular weight is 323 g/mol. The molecule has 1 aromatic heterocycles. The summed E-state index contributed by atoms with van der Waals surface area (Å²) in [7, 11) is 0. The van der Waals surface area contributed by atoms with Crippen molar-refractivity contribution in [3.05, 3.63) is 22.3 Å². The van der Waals surface area contributed by atoms with Gasteiger partial charge in [0.2, 0.25) is 5.91 Å². The van der Waals surface area contributed by atoms with Gasteiger partial charge in [-0.25, -0.2) is 13.8 Å². The molecule has 1 amide bonds. The Morgan fingerprint density at radius 3 is 2.94 bits per heavy atom. The van der Waals surface area contributed by atoms with Gasteiger partial charge in [0.05, 0.1) is 13.0 Å². The lowest BCUT2D eigenvalue weighted by atomic mass is 10.3. The zero-order valence-electron chi connectivity index (χ0n) is 9.75. The number of hydrogen-bond donors (Lipinski definition) is 1. The van der Waals surface area contributed by atoms with Crippen LogP contribution in [0.3, 0.4) is 0 Å². The highest BCUT2D eigenvalue weighted by molar-refractivity contribution is 9.10. The van der Waals surface area contributed by atoms with E-state index in [1.807, 2.05) is 6.07 Å². The van der Waals surface area contributed by atoms with E-state index in [0.717, 1.165) is 10.0 Å². The van der Waals surface area contributed by atoms with Crippen molar-refractivity contribution < 1.29 is 18.3 Å². The first-order chi connectivity index (χ1) is 8.49. The number of amides is 1. The molecule has 0 radical (unpaired) electrons. The van der Waals surface area contributed by atoms with Crippen LogP contribution < -0.4 is 5.32 Å². The number of anilines is 1. The Morgan fingerprint density at radius 2 is 2.33 bits per heavy atom. The Hall–Kier alpha value is -1.08. The van der Waals surface area contributed by atoms with E-state index < -0.39 is 13.0 Å². The number of hydrogen-bond acceptors (Lipinski definition) is 3. The number of nitrogens with zero attached hydrogens (tertiary/aromatic N) is 1. The van der Waals surface area contributed by atoms with Crippen LogP contribution >= 0.6 is 15.9 Å². The van der Waals surface area contributed by atoms with E-state index in [-0.39, 0.29) is 18.9 Å². The molecule has 0 unspecified atom stereocenters. The third-order valence-electron chi connectivity index (χ3n) is 2.02. The largest absolute Gasteiger partial charge is 0.375 e. The van der Waals surface area contributed by atoms with Gasteiger partial charge in [-0.3, -0.25) is 4.79 Å². The normalized spacial score (nSPS) is 10.7. The zero-order chi connectivity index (χ0) is 13.5. The molecule has 100 valence electrons. The lowest BCUT2D eigenvalue weighted by Gasteiger charge is -2.07. The summed E-state index contributed by atoms with van der Waals surface area (Å²) in [5.41, 5.74) is 0.811. The number of carbonyl (C=O) groups excluding carboxylic acids is 1. The number of carbonyl (C=O) groups is 1. The van der Waals surface area contributed by atoms with E-state index in [1.54, 1.807) is 13.1 Å². The van der Waals surface area contributed by atoms with E-state index in [2.05, 4.69) is 31.0 Å². The van der Waals surface area contributed by atoms with Crippen LogP contribution in [0, 0.1) is 6.92 Å². The second-order valence-corrected chi connectivity index (χ2v) is 4.50. The maximum Gasteiger partial charge on any atom is 0.261 e. The zero-order valence-corrected chi connectivity index (χ0v) is 11.3. The van der Waals surface area contributed by atoms with Gasteiger partial charge in [-0.15, -0.1) is 0 Å². The molecule has 0 aliphatic heterocycles. The minimum atomic E-state index is -2.51. The van der Waals surface area contributed by atoms with Crippen molar-refractivity contribution in [2.45, 2.75) is 19.8 Å². The Bertz CT molecular complexity index is 416. The SMILES string of the molecule is Cc1cc(Br)cnc1NC(=O)CCOCC(F)F. The third-order valence-corrected chi connectivity index (χ3v) is 2.45. The Balaban J connectivity index is 2.35. The van der Waals surface area contributed by atoms with Crippen LogP contribution in [0.2, 0.25) is 0 Å². The Kier molecular flexibility index (Phi) is 6.14. The molecule has 1 rings (SSSR count). The molecular weight excluding hydrogens is 310 g/mol. The van der Waals surface area contributed by atoms with Crippen LogP contribution in [0.5, 0.6) is 0 Å². The first-order valence-electron chi connectivity index (χ1n) is 5.27. The maximum absolute atomic E-state index is 11.8. The molecule has 0 fully saturated rings. The third kappa shape index (κ3) is 5.50. The highest BCUT2D eigenvalue weighted by Gasteiger charge is 2.07. The predicted octanol–water partition coefficient (Wildman–Crippen LogP) is 2.76. The molecule has 1 heterocycles. The van der Waals surface area contributed by atoms with Crippen molar-refractivity contribution in [3.63, 3.8) is 0 Å². The van der Waals surface area contributed by atoms with Crippen molar-refractivity contribution in [1.29, 1.82) is 0 Å². The molecule has 0 aliphatic carbocycles. The van der Waals surface area contributed by atoms with Crippen molar-refractivity contribution in [2.75, 3.05) is 18.5 Å². The smallest absolute Gasteiger partial charge is 0.261 e. The van der Waals surface area contributed by atoms with Crippen LogP contribution in [-0.4, -0.2) is 30.5 Å². The monoisotopic (exact) mass is 322 g/mol. The number of ether oxygens (including phenoxy) is 1. The van der Waals surface area contributed by atoms with Crippen LogP contribution in [0.25, 0.3) is 0 Å². The number of pyridine rings is 1. The number of rotatable bonds is 6. The molecule has 0 bridgehead atoms. The van der Waals surface area contributed by atoms with Gasteiger partial charge in [-0.1, -0.05) is 0 Å². The molecule has 0 spiro atoms. The lowest BCUT2D eigenvalue weighted by Crippen LogP contribution is -2.17. The molecular formula is C11H13BrF2N2O2. The molecule has 4 nitrogen and oxygen atoms in total. The van der Waals surface area contributed by atoms with E-state index >= 15 is 0 Å². The standard InChI is InChI=1S/C11H13BrF2N2O2/c1-7-4-8(12)5-15-11(7)16-10(17)2-3-18-6-9(13)14/h4-5,9H,2-3,6H2,1H3,(H,15,16,17). The number of nitrogens with one attached hydrogen (secondary N) is 1. The fourth-order valence-electron chi connectivity index (χ4n) is 1.20. The summed E-state index contributed by atoms with van der Waals surface area (Å²) < 4.78 is 28.9. The molecule has 1 N–H and O–H groups in total. The Labute approximate surface area is 112 Å². The van der Waals surface area contributed by atoms with Gasteiger partial charge in [0.15, 0.2) is 0 Å². The summed E-state index contributed by atoms with van der Waals surface area (Å²) in [6.45, 7) is 1.12. The number of alkyl halides is 2. The molecule has 0 atom stereocenters. The lowest BCUT2D eigenvalue weighted by molar-refractivity contribution is -0.117. The fraction of sp³-hybridized carbons (Fsp3) is 0.455. The molecule has 0 aliphatic rings. The molecule has 1 aromatic rings. The summed E-state index contributed by atoms with van der Waals surface area (Å²) in [4.78, 5) is 15.5. The van der Waals surface area contributed by atoms with E-state index in [4.69, 9.17) is 0 Å². The minimum absolute atomic E-state index is 0.0178. The van der Waals surface area contributed by atoms with Crippen LogP contribution in [-0.2, 0) is 9.53 Å². The number of aryl methyl sites for hydroxylation is 1. The summed E-state index contributed by atoms with van der Waals surface area (Å²) in [5.74, 6) is 0.138. The predicted molar refractivity (Wildman–Crippen MR) is 66.7 cm³/mol. The van der Waals surface area contributed by atoms with E-state index in [9.17, 15) is 13.6 Å². The van der Waals surface area contributed by atoms with Gasteiger partial charge < -0.3 is 10.1 Å². The average Bonchev–Trinajstić information content (AvgIpc) is 2.28. The number of halogens is 3. The summed E-state index contributed by atoms with van der Waals surface area (Å²) in [5, 5.41) is 2.59. The highest BCUT2D eigenvalue weighted by atomic mass is 79.9. The second kappa shape index (κ2) is 7.38. The molecule has 0 saturated heterocycles. The van der Waals surface area contributed by atoms with E-state index in [0.29, 0.717) is 5.82 Å². The highest BCUT2D eigenvalue weighted by Crippen LogP contribution is 2.16. The number of aromatic nitrogens is 1. The van der Waals surface area contributed by atoms with Crippen molar-refractivity contribution in [3.8, 4) is 0 Å². The summed E-state index contributed by atoms with van der Waals surface area (Å²) in [6.07, 6.45) is -0.928. The van der Waals surface area contributed by atoms with Gasteiger partial charge in [0.25, 0.3) is 6.43 Å². The van der Waals surface area contributed by atoms with Gasteiger partial charge in [0.1, 0.15) is 12.4 Å². The first kappa shape index (κ1) is 15.0. The fourth-order valence-corrected chi connectivity index (χ4v) is 1.65. The van der Waals surface area contributed by atoms with Crippen LogP contribution in [0.15, 0.2) is 16.7 Å². The van der Waals surface area contributed by atoms with Gasteiger partial charge in [0, 0.05) is 10.7 Å². The van der Waals surface area contributed by atoms with Gasteiger partial charge >= 0.3 is 0 Å². The first-order valence-corrected chi connectivity index (χ1v) is 6.06. The van der Waals surface area contributed by atoms with Crippen molar-refractivity contribution in [1.82, 2.24) is 4.98 Å². The molecule has 7 heteroatoms. The quantitative estimate of drug-likeness (QED) is 0.819. The topological polar surface area (TPSA) is 51.2 Å². The van der Waals surface area contributed by atoms with Crippen molar-refractivity contribution >= 4 is 27.7 Å². The molecule has 0 aromatic carbocycles. The minimum Gasteiger partial charge on any atom is -0.375 e. The summed E-state index contributed by atoms with van der Waals surface area (Å²) in [6, 6.07) is 1.82. The van der Waals surface area contributed by atoms with Crippen LogP contribution in [0.1, 0.15) is 12.0 Å². The molecule has 0 saturated carbocycles. The molecule has 18 heavy (non-hydrogen) atoms.